The molecule has 0 saturated carbocycles. The highest BCUT2D eigenvalue weighted by Gasteiger charge is 2.07. The summed E-state index contributed by atoms with van der Waals surface area (Å²) >= 11 is 0. The lowest BCUT2D eigenvalue weighted by Crippen LogP contribution is -2.04. The summed E-state index contributed by atoms with van der Waals surface area (Å²) in [6, 6.07) is 0. The van der Waals surface area contributed by atoms with Crippen LogP contribution in [0.15, 0.2) is 0 Å². The number of aliphatic hydroxyl groups excluding tert-OH is 1. The first-order valence-corrected chi connectivity index (χ1v) is 3.17. The maximum Gasteiger partial charge on any atom is 0.0431 e. The molecule has 0 radical (unpaired) electrons. The molecule has 2 nitrogen and oxygen atoms in total. The van der Waals surface area contributed by atoms with Crippen molar-refractivity contribution in [3.63, 3.8) is 0 Å². The molecule has 0 rings (SSSR count). The average Bonchev–Trinajstić information content (AvgIpc) is 1.59. The van der Waals surface area contributed by atoms with E-state index in [1.54, 1.807) is 0 Å². The topological polar surface area (TPSA) is 55.2 Å². The van der Waals surface area contributed by atoms with Gasteiger partial charge in [-0.2, -0.15) is 0 Å². The van der Waals surface area contributed by atoms with Gasteiger partial charge in [0.25, 0.3) is 0 Å². The minimum Gasteiger partial charge on any atom is -0.396 e. The molecule has 0 spiro atoms. The van der Waals surface area contributed by atoms with E-state index in [0.717, 1.165) is 12.8 Å². The standard InChI is InChI=1S/C7H16O.H3N/c1-7(2,3)5-4-6-8;/h8H,4-6H2,1-3H3;1H3. The van der Waals surface area contributed by atoms with E-state index in [4.69, 9.17) is 5.11 Å². The Morgan fingerprint density at radius 2 is 1.67 bits per heavy atom. The number of hydrogen-bond donors (Lipinski definition) is 2. The highest BCUT2D eigenvalue weighted by atomic mass is 16.2. The Kier molecular flexibility index (Phi) is 6.19. The molecule has 0 aliphatic carbocycles. The largest absolute Gasteiger partial charge is 0.396 e. The van der Waals surface area contributed by atoms with E-state index in [0.29, 0.717) is 12.0 Å². The van der Waals surface area contributed by atoms with Crippen molar-refractivity contribution in [1.82, 2.24) is 6.15 Å². The molecule has 0 amide bonds. The average molecular weight is 133 g/mol. The van der Waals surface area contributed by atoms with Gasteiger partial charge in [0, 0.05) is 6.61 Å². The Labute approximate surface area is 57.9 Å². The molecule has 58 valence electrons. The molecule has 0 unspecified atom stereocenters. The Morgan fingerprint density at radius 3 is 1.78 bits per heavy atom. The van der Waals surface area contributed by atoms with Crippen molar-refractivity contribution in [2.24, 2.45) is 5.41 Å². The van der Waals surface area contributed by atoms with Crippen molar-refractivity contribution in [3.8, 4) is 0 Å². The van der Waals surface area contributed by atoms with Gasteiger partial charge >= 0.3 is 0 Å². The van der Waals surface area contributed by atoms with Gasteiger partial charge in [-0.25, -0.2) is 0 Å². The number of hydrogen-bond acceptors (Lipinski definition) is 2. The molecular weight excluding hydrogens is 114 g/mol. The molecule has 0 bridgehead atoms. The van der Waals surface area contributed by atoms with Crippen LogP contribution in [0.4, 0.5) is 0 Å². The third kappa shape index (κ3) is 11.5. The van der Waals surface area contributed by atoms with Crippen molar-refractivity contribution in [3.05, 3.63) is 0 Å². The summed E-state index contributed by atoms with van der Waals surface area (Å²) in [5.41, 5.74) is 0.392. The van der Waals surface area contributed by atoms with Gasteiger partial charge in [0.1, 0.15) is 0 Å². The quantitative estimate of drug-likeness (QED) is 0.605. The van der Waals surface area contributed by atoms with Gasteiger partial charge in [-0.15, -0.1) is 0 Å². The van der Waals surface area contributed by atoms with Crippen LogP contribution in [0.3, 0.4) is 0 Å². The van der Waals surface area contributed by atoms with E-state index >= 15 is 0 Å². The smallest absolute Gasteiger partial charge is 0.0431 e. The molecule has 0 saturated heterocycles. The van der Waals surface area contributed by atoms with Gasteiger partial charge in [-0.3, -0.25) is 0 Å². The third-order valence-corrected chi connectivity index (χ3v) is 1.08. The fourth-order valence-electron chi connectivity index (χ4n) is 0.609. The molecule has 0 fully saturated rings. The summed E-state index contributed by atoms with van der Waals surface area (Å²) in [6.45, 7) is 6.88. The lowest BCUT2D eigenvalue weighted by atomic mass is 9.91. The monoisotopic (exact) mass is 133 g/mol. The predicted octanol–water partition coefficient (Wildman–Crippen LogP) is 1.97. The molecule has 0 aromatic carbocycles. The maximum atomic E-state index is 8.43. The Balaban J connectivity index is 0. The molecule has 0 aliphatic rings. The minimum atomic E-state index is 0. The molecule has 0 aromatic rings. The number of rotatable bonds is 2. The highest BCUT2D eigenvalue weighted by Crippen LogP contribution is 2.19. The molecule has 2 heteroatoms. The van der Waals surface area contributed by atoms with E-state index in [-0.39, 0.29) is 6.15 Å². The summed E-state index contributed by atoms with van der Waals surface area (Å²) in [5, 5.41) is 8.43. The predicted molar refractivity (Wildman–Crippen MR) is 40.8 cm³/mol. The van der Waals surface area contributed by atoms with E-state index < -0.39 is 0 Å². The van der Waals surface area contributed by atoms with Crippen LogP contribution in [0.5, 0.6) is 0 Å². The van der Waals surface area contributed by atoms with Crippen molar-refractivity contribution < 1.29 is 5.11 Å². The minimum absolute atomic E-state index is 0. The zero-order valence-electron chi connectivity index (χ0n) is 6.78. The van der Waals surface area contributed by atoms with Crippen molar-refractivity contribution in [2.45, 2.75) is 33.6 Å². The lowest BCUT2D eigenvalue weighted by Gasteiger charge is -2.16. The normalized spacial score (nSPS) is 10.7. The summed E-state index contributed by atoms with van der Waals surface area (Å²) in [5.74, 6) is 0. The van der Waals surface area contributed by atoms with Gasteiger partial charge in [0.2, 0.25) is 0 Å². The van der Waals surface area contributed by atoms with Crippen LogP contribution in [-0.2, 0) is 0 Å². The van der Waals surface area contributed by atoms with Crippen molar-refractivity contribution in [1.29, 1.82) is 0 Å². The number of aliphatic hydroxyl groups is 1. The second kappa shape index (κ2) is 4.77. The van der Waals surface area contributed by atoms with Gasteiger partial charge in [0.15, 0.2) is 0 Å². The molecule has 0 aromatic heterocycles. The zero-order valence-corrected chi connectivity index (χ0v) is 6.78. The summed E-state index contributed by atoms with van der Waals surface area (Å²) in [6.07, 6.45) is 2.05. The molecular formula is C7H19NO. The van der Waals surface area contributed by atoms with Crippen LogP contribution in [0.2, 0.25) is 0 Å². The summed E-state index contributed by atoms with van der Waals surface area (Å²) < 4.78 is 0. The van der Waals surface area contributed by atoms with Gasteiger partial charge < -0.3 is 11.3 Å². The van der Waals surface area contributed by atoms with Crippen LogP contribution in [0, 0.1) is 5.41 Å². The highest BCUT2D eigenvalue weighted by molar-refractivity contribution is 4.59. The first-order chi connectivity index (χ1) is 3.56. The van der Waals surface area contributed by atoms with Gasteiger partial charge in [0.05, 0.1) is 0 Å². The molecule has 9 heavy (non-hydrogen) atoms. The molecule has 0 aliphatic heterocycles. The second-order valence-electron chi connectivity index (χ2n) is 3.39. The first kappa shape index (κ1) is 11.7. The SMILES string of the molecule is CC(C)(C)CCCO.N. The fraction of sp³-hybridized carbons (Fsp3) is 1.00. The molecule has 0 heterocycles. The van der Waals surface area contributed by atoms with Crippen LogP contribution >= 0.6 is 0 Å². The Morgan fingerprint density at radius 1 is 1.22 bits per heavy atom. The van der Waals surface area contributed by atoms with Crippen LogP contribution in [0.25, 0.3) is 0 Å². The van der Waals surface area contributed by atoms with Crippen LogP contribution in [0.1, 0.15) is 33.6 Å². The van der Waals surface area contributed by atoms with E-state index in [1.807, 2.05) is 0 Å². The lowest BCUT2D eigenvalue weighted by molar-refractivity contribution is 0.251. The Bertz CT molecular complexity index is 56.4. The molecule has 4 N–H and O–H groups in total. The summed E-state index contributed by atoms with van der Waals surface area (Å²) in [4.78, 5) is 0. The van der Waals surface area contributed by atoms with Gasteiger partial charge in [-0.1, -0.05) is 20.8 Å². The van der Waals surface area contributed by atoms with Gasteiger partial charge in [-0.05, 0) is 18.3 Å². The van der Waals surface area contributed by atoms with E-state index in [2.05, 4.69) is 20.8 Å². The molecule has 0 atom stereocenters. The zero-order chi connectivity index (χ0) is 6.62. The van der Waals surface area contributed by atoms with Crippen molar-refractivity contribution in [2.75, 3.05) is 6.61 Å². The van der Waals surface area contributed by atoms with E-state index in [9.17, 15) is 0 Å². The van der Waals surface area contributed by atoms with Crippen molar-refractivity contribution >= 4 is 0 Å². The first-order valence-electron chi connectivity index (χ1n) is 3.17. The third-order valence-electron chi connectivity index (χ3n) is 1.08. The van der Waals surface area contributed by atoms with Crippen LogP contribution < -0.4 is 6.15 Å². The van der Waals surface area contributed by atoms with E-state index in [1.165, 1.54) is 0 Å². The Hall–Kier alpha value is -0.0800. The maximum absolute atomic E-state index is 8.43. The summed E-state index contributed by atoms with van der Waals surface area (Å²) in [7, 11) is 0. The second-order valence-corrected chi connectivity index (χ2v) is 3.39. The van der Waals surface area contributed by atoms with Crippen LogP contribution in [-0.4, -0.2) is 11.7 Å². The fourth-order valence-corrected chi connectivity index (χ4v) is 0.609.